The van der Waals surface area contributed by atoms with E-state index in [-0.39, 0.29) is 5.16 Å². The largest absolute Gasteiger partial charge is 0.483 e. The van der Waals surface area contributed by atoms with E-state index in [1.165, 1.54) is 7.11 Å². The highest BCUT2D eigenvalue weighted by molar-refractivity contribution is 6.29. The molecule has 0 bridgehead atoms. The first-order chi connectivity index (χ1) is 4.57. The van der Waals surface area contributed by atoms with Gasteiger partial charge >= 0.3 is 0 Å². The van der Waals surface area contributed by atoms with E-state index in [9.17, 15) is 0 Å². The molecule has 0 unspecified atom stereocenters. The number of rotatable bonds is 2. The number of hydrogen-bond donors (Lipinski definition) is 2. The summed E-state index contributed by atoms with van der Waals surface area (Å²) in [6, 6.07) is 0. The minimum absolute atomic E-state index is 0.222. The number of allylic oxidation sites excluding steroid dienone is 2. The second-order valence-electron chi connectivity index (χ2n) is 1.78. The van der Waals surface area contributed by atoms with Crippen LogP contribution in [0.15, 0.2) is 22.7 Å². The van der Waals surface area contributed by atoms with Crippen molar-refractivity contribution in [3.8, 4) is 0 Å². The highest BCUT2D eigenvalue weighted by atomic mass is 35.5. The zero-order valence-electron chi connectivity index (χ0n) is 6.02. The lowest BCUT2D eigenvalue weighted by Crippen LogP contribution is -2.00. The van der Waals surface area contributed by atoms with Crippen LogP contribution in [-0.4, -0.2) is 7.11 Å². The summed E-state index contributed by atoms with van der Waals surface area (Å²) in [5.41, 5.74) is 11.2. The van der Waals surface area contributed by atoms with Gasteiger partial charge in [-0.15, -0.1) is 0 Å². The molecule has 3 nitrogen and oxygen atoms in total. The molecule has 0 aromatic carbocycles. The van der Waals surface area contributed by atoms with Crippen LogP contribution in [0.1, 0.15) is 6.92 Å². The monoisotopic (exact) mass is 162 g/mol. The third-order valence-electron chi connectivity index (χ3n) is 0.971. The molecular formula is C6H11ClN2O. The van der Waals surface area contributed by atoms with Gasteiger partial charge in [-0.25, -0.2) is 0 Å². The molecule has 0 radical (unpaired) electrons. The summed E-state index contributed by atoms with van der Waals surface area (Å²) in [5, 5.41) is 0.222. The molecule has 0 heterocycles. The van der Waals surface area contributed by atoms with E-state index in [2.05, 4.69) is 4.74 Å². The standard InChI is InChI=1S/C6H11ClN2O/c1-4(6(7)9)3-5(8)10-2/h3H,8-9H2,1-2H3/b5-3+,6-4-. The first kappa shape index (κ1) is 9.17. The van der Waals surface area contributed by atoms with E-state index in [4.69, 9.17) is 23.1 Å². The van der Waals surface area contributed by atoms with Crippen LogP contribution in [0.4, 0.5) is 0 Å². The van der Waals surface area contributed by atoms with Crippen LogP contribution < -0.4 is 11.5 Å². The average molecular weight is 163 g/mol. The minimum atomic E-state index is 0.222. The molecule has 0 fully saturated rings. The molecule has 0 saturated heterocycles. The van der Waals surface area contributed by atoms with Gasteiger partial charge in [0, 0.05) is 6.08 Å². The zero-order valence-corrected chi connectivity index (χ0v) is 6.77. The summed E-state index contributed by atoms with van der Waals surface area (Å²) in [6.07, 6.45) is 1.56. The lowest BCUT2D eigenvalue weighted by atomic mass is 10.3. The molecule has 10 heavy (non-hydrogen) atoms. The van der Waals surface area contributed by atoms with Crippen molar-refractivity contribution in [2.45, 2.75) is 6.92 Å². The Morgan fingerprint density at radius 2 is 2.00 bits per heavy atom. The van der Waals surface area contributed by atoms with Gasteiger partial charge in [-0.1, -0.05) is 11.6 Å². The zero-order chi connectivity index (χ0) is 8.15. The fraction of sp³-hybridized carbons (Fsp3) is 0.333. The van der Waals surface area contributed by atoms with E-state index in [1.54, 1.807) is 13.0 Å². The van der Waals surface area contributed by atoms with Gasteiger partial charge in [0.1, 0.15) is 5.16 Å². The van der Waals surface area contributed by atoms with Gasteiger partial charge in [0.25, 0.3) is 0 Å². The first-order valence-corrected chi connectivity index (χ1v) is 3.08. The van der Waals surface area contributed by atoms with E-state index in [0.29, 0.717) is 11.5 Å². The molecule has 0 atom stereocenters. The Hall–Kier alpha value is -0.830. The molecule has 0 aliphatic carbocycles. The second-order valence-corrected chi connectivity index (χ2v) is 2.19. The topological polar surface area (TPSA) is 61.3 Å². The van der Waals surface area contributed by atoms with Crippen molar-refractivity contribution >= 4 is 11.6 Å². The lowest BCUT2D eigenvalue weighted by molar-refractivity contribution is 0.287. The molecule has 58 valence electrons. The highest BCUT2D eigenvalue weighted by Crippen LogP contribution is 2.04. The highest BCUT2D eigenvalue weighted by Gasteiger charge is 1.91. The minimum Gasteiger partial charge on any atom is -0.483 e. The first-order valence-electron chi connectivity index (χ1n) is 2.71. The van der Waals surface area contributed by atoms with Crippen LogP contribution in [0.5, 0.6) is 0 Å². The van der Waals surface area contributed by atoms with Crippen molar-refractivity contribution in [1.29, 1.82) is 0 Å². The number of hydrogen-bond acceptors (Lipinski definition) is 3. The number of methoxy groups -OCH3 is 1. The summed E-state index contributed by atoms with van der Waals surface area (Å²) in [7, 11) is 1.48. The Balaban J connectivity index is 4.27. The van der Waals surface area contributed by atoms with E-state index < -0.39 is 0 Å². The maximum Gasteiger partial charge on any atom is 0.184 e. The molecule has 0 amide bonds. The van der Waals surface area contributed by atoms with Crippen molar-refractivity contribution in [2.24, 2.45) is 11.5 Å². The predicted molar refractivity (Wildman–Crippen MR) is 42.0 cm³/mol. The predicted octanol–water partition coefficient (Wildman–Crippen LogP) is 0.862. The SMILES string of the molecule is CO/C(N)=C/C(C)=C(\N)Cl. The van der Waals surface area contributed by atoms with Crippen molar-refractivity contribution in [3.05, 3.63) is 22.7 Å². The Labute approximate surface area is 65.3 Å². The third-order valence-corrected chi connectivity index (χ3v) is 1.27. The summed E-state index contributed by atoms with van der Waals surface area (Å²) in [6.45, 7) is 1.74. The molecule has 0 rings (SSSR count). The van der Waals surface area contributed by atoms with Gasteiger partial charge in [-0.3, -0.25) is 0 Å². The average Bonchev–Trinajstić information content (AvgIpc) is 1.87. The molecule has 0 spiro atoms. The smallest absolute Gasteiger partial charge is 0.184 e. The van der Waals surface area contributed by atoms with Crippen molar-refractivity contribution in [2.75, 3.05) is 7.11 Å². The van der Waals surface area contributed by atoms with Crippen molar-refractivity contribution < 1.29 is 4.74 Å². The van der Waals surface area contributed by atoms with Crippen molar-refractivity contribution in [1.82, 2.24) is 0 Å². The van der Waals surface area contributed by atoms with Gasteiger partial charge < -0.3 is 16.2 Å². The fourth-order valence-corrected chi connectivity index (χ4v) is 0.396. The summed E-state index contributed by atoms with van der Waals surface area (Å²) < 4.78 is 4.66. The van der Waals surface area contributed by atoms with Crippen LogP contribution >= 0.6 is 11.6 Å². The number of ether oxygens (including phenoxy) is 1. The maximum atomic E-state index is 5.43. The van der Waals surface area contributed by atoms with Crippen LogP contribution in [0.2, 0.25) is 0 Å². The molecule has 0 aromatic heterocycles. The van der Waals surface area contributed by atoms with Crippen molar-refractivity contribution in [3.63, 3.8) is 0 Å². The number of nitrogens with two attached hydrogens (primary N) is 2. The van der Waals surface area contributed by atoms with Gasteiger partial charge in [0.15, 0.2) is 5.88 Å². The summed E-state index contributed by atoms with van der Waals surface area (Å²) in [4.78, 5) is 0. The van der Waals surface area contributed by atoms with Crippen LogP contribution in [0, 0.1) is 0 Å². The maximum absolute atomic E-state index is 5.43. The molecule has 0 saturated carbocycles. The second kappa shape index (κ2) is 4.06. The van der Waals surface area contributed by atoms with E-state index >= 15 is 0 Å². The lowest BCUT2D eigenvalue weighted by Gasteiger charge is -1.98. The number of halogens is 1. The van der Waals surface area contributed by atoms with Crippen LogP contribution in [-0.2, 0) is 4.74 Å². The molecule has 0 aliphatic heterocycles. The van der Waals surface area contributed by atoms with Crippen LogP contribution in [0.25, 0.3) is 0 Å². The summed E-state index contributed by atoms with van der Waals surface area (Å²) >= 11 is 5.43. The Morgan fingerprint density at radius 3 is 2.30 bits per heavy atom. The van der Waals surface area contributed by atoms with E-state index in [0.717, 1.165) is 0 Å². The Kier molecular flexibility index (Phi) is 3.72. The molecule has 4 N–H and O–H groups in total. The van der Waals surface area contributed by atoms with Gasteiger partial charge in [0.05, 0.1) is 7.11 Å². The molecule has 0 aliphatic rings. The van der Waals surface area contributed by atoms with Gasteiger partial charge in [-0.05, 0) is 12.5 Å². The fourth-order valence-electron chi connectivity index (χ4n) is 0.341. The molecular weight excluding hydrogens is 152 g/mol. The van der Waals surface area contributed by atoms with Crippen LogP contribution in [0.3, 0.4) is 0 Å². The van der Waals surface area contributed by atoms with Gasteiger partial charge in [-0.2, -0.15) is 0 Å². The quantitative estimate of drug-likeness (QED) is 0.360. The summed E-state index contributed by atoms with van der Waals surface area (Å²) in [5.74, 6) is 0.293. The van der Waals surface area contributed by atoms with E-state index in [1.807, 2.05) is 0 Å². The Bertz CT molecular complexity index is 171. The molecule has 0 aromatic rings. The van der Waals surface area contributed by atoms with Gasteiger partial charge in [0.2, 0.25) is 0 Å². The molecule has 4 heteroatoms. The Morgan fingerprint density at radius 1 is 1.50 bits per heavy atom. The normalized spacial score (nSPS) is 14.5. The third kappa shape index (κ3) is 3.25.